The predicted molar refractivity (Wildman–Crippen MR) is 52.7 cm³/mol. The van der Waals surface area contributed by atoms with Gasteiger partial charge in [-0.2, -0.15) is 5.26 Å². The second kappa shape index (κ2) is 4.32. The predicted octanol–water partition coefficient (Wildman–Crippen LogP) is 2.65. The average molecular weight is 230 g/mol. The lowest BCUT2D eigenvalue weighted by molar-refractivity contribution is 0.0697. The smallest absolute Gasteiger partial charge is 0.337 e. The molecule has 1 N–H and O–H groups in total. The van der Waals surface area contributed by atoms with Crippen molar-refractivity contribution in [2.45, 2.75) is 5.88 Å². The molecule has 0 fully saturated rings. The number of carbonyl (C=O) groups is 1. The molecule has 0 aliphatic carbocycles. The second-order valence-electron chi connectivity index (χ2n) is 2.51. The molecule has 1 rings (SSSR count). The number of carboxylic acids is 1. The molecule has 5 heteroatoms. The Morgan fingerprint density at radius 1 is 1.57 bits per heavy atom. The van der Waals surface area contributed by atoms with Crippen molar-refractivity contribution in [1.82, 2.24) is 0 Å². The second-order valence-corrected chi connectivity index (χ2v) is 3.16. The summed E-state index contributed by atoms with van der Waals surface area (Å²) in [5, 5.41) is 17.4. The van der Waals surface area contributed by atoms with Crippen LogP contribution in [-0.2, 0) is 5.88 Å². The van der Waals surface area contributed by atoms with Crippen LogP contribution < -0.4 is 0 Å². The third-order valence-corrected chi connectivity index (χ3v) is 2.39. The first kappa shape index (κ1) is 10.8. The van der Waals surface area contributed by atoms with Crippen LogP contribution in [0.25, 0.3) is 0 Å². The summed E-state index contributed by atoms with van der Waals surface area (Å²) in [5.41, 5.74) is 0.572. The normalized spacial score (nSPS) is 9.50. The first-order valence-corrected chi connectivity index (χ1v) is 4.53. The number of nitriles is 1. The van der Waals surface area contributed by atoms with Gasteiger partial charge >= 0.3 is 5.97 Å². The highest BCUT2D eigenvalue weighted by molar-refractivity contribution is 6.34. The van der Waals surface area contributed by atoms with Crippen molar-refractivity contribution in [3.05, 3.63) is 33.8 Å². The van der Waals surface area contributed by atoms with E-state index >= 15 is 0 Å². The van der Waals surface area contributed by atoms with Gasteiger partial charge in [0.15, 0.2) is 0 Å². The van der Waals surface area contributed by atoms with E-state index in [0.29, 0.717) is 5.56 Å². The van der Waals surface area contributed by atoms with E-state index in [0.717, 1.165) is 0 Å². The number of aromatic carboxylic acids is 1. The maximum atomic E-state index is 10.7. The minimum absolute atomic E-state index is 0.0573. The van der Waals surface area contributed by atoms with E-state index in [1.54, 1.807) is 0 Å². The van der Waals surface area contributed by atoms with E-state index in [1.807, 2.05) is 6.07 Å². The lowest BCUT2D eigenvalue weighted by Crippen LogP contribution is -2.00. The Morgan fingerprint density at radius 3 is 2.64 bits per heavy atom. The van der Waals surface area contributed by atoms with E-state index in [2.05, 4.69) is 0 Å². The molecule has 1 aromatic carbocycles. The fourth-order valence-corrected chi connectivity index (χ4v) is 1.54. The van der Waals surface area contributed by atoms with Crippen LogP contribution >= 0.6 is 23.2 Å². The summed E-state index contributed by atoms with van der Waals surface area (Å²) in [4.78, 5) is 10.7. The molecule has 0 spiro atoms. The van der Waals surface area contributed by atoms with Crippen molar-refractivity contribution in [1.29, 1.82) is 5.26 Å². The summed E-state index contributed by atoms with van der Waals surface area (Å²) < 4.78 is 0. The highest BCUT2D eigenvalue weighted by Gasteiger charge is 2.15. The van der Waals surface area contributed by atoms with E-state index in [1.165, 1.54) is 12.1 Å². The van der Waals surface area contributed by atoms with Gasteiger partial charge in [0.25, 0.3) is 0 Å². The van der Waals surface area contributed by atoms with Crippen LogP contribution in [0, 0.1) is 11.3 Å². The molecule has 1 aromatic rings. The largest absolute Gasteiger partial charge is 0.478 e. The molecule has 0 amide bonds. The first-order chi connectivity index (χ1) is 6.61. The zero-order chi connectivity index (χ0) is 10.7. The Balaban J connectivity index is 3.44. The lowest BCUT2D eigenvalue weighted by atomic mass is 10.1. The van der Waals surface area contributed by atoms with Crippen LogP contribution in [0.15, 0.2) is 12.1 Å². The van der Waals surface area contributed by atoms with E-state index in [-0.39, 0.29) is 22.0 Å². The van der Waals surface area contributed by atoms with Crippen molar-refractivity contribution >= 4 is 29.2 Å². The van der Waals surface area contributed by atoms with Gasteiger partial charge < -0.3 is 5.11 Å². The first-order valence-electron chi connectivity index (χ1n) is 3.62. The highest BCUT2D eigenvalue weighted by Crippen LogP contribution is 2.25. The van der Waals surface area contributed by atoms with Gasteiger partial charge in [-0.1, -0.05) is 17.7 Å². The Morgan fingerprint density at radius 2 is 2.21 bits per heavy atom. The summed E-state index contributed by atoms with van der Waals surface area (Å²) in [6.07, 6.45) is 0. The molecular weight excluding hydrogens is 225 g/mol. The maximum Gasteiger partial charge on any atom is 0.337 e. The minimum atomic E-state index is -1.16. The molecule has 0 aromatic heterocycles. The number of nitrogens with zero attached hydrogens (tertiary/aromatic N) is 1. The summed E-state index contributed by atoms with van der Waals surface area (Å²) in [6.45, 7) is 0. The number of benzene rings is 1. The molecule has 3 nitrogen and oxygen atoms in total. The van der Waals surface area contributed by atoms with Crippen LogP contribution in [0.5, 0.6) is 0 Å². The zero-order valence-electron chi connectivity index (χ0n) is 6.92. The molecule has 0 radical (unpaired) electrons. The standard InChI is InChI=1S/C9H5Cl2NO2/c10-3-5-1-2-6(9(13)14)8(11)7(5)4-12/h1-2H,3H2,(H,13,14). The SMILES string of the molecule is N#Cc1c(CCl)ccc(C(=O)O)c1Cl. The molecule has 0 aliphatic heterocycles. The third-order valence-electron chi connectivity index (χ3n) is 1.71. The monoisotopic (exact) mass is 229 g/mol. The molecule has 0 atom stereocenters. The summed E-state index contributed by atoms with van der Waals surface area (Å²) in [6, 6.07) is 4.65. The van der Waals surface area contributed by atoms with Gasteiger partial charge in [-0.3, -0.25) is 0 Å². The minimum Gasteiger partial charge on any atom is -0.478 e. The number of hydrogen-bond donors (Lipinski definition) is 1. The van der Waals surface area contributed by atoms with Gasteiger partial charge in [-0.05, 0) is 11.6 Å². The Kier molecular flexibility index (Phi) is 3.34. The van der Waals surface area contributed by atoms with Gasteiger partial charge in [0.1, 0.15) is 6.07 Å². The van der Waals surface area contributed by atoms with Crippen molar-refractivity contribution in [3.63, 3.8) is 0 Å². The molecule has 0 unspecified atom stereocenters. The van der Waals surface area contributed by atoms with Gasteiger partial charge in [0.05, 0.1) is 16.1 Å². The van der Waals surface area contributed by atoms with Crippen molar-refractivity contribution in [3.8, 4) is 6.07 Å². The van der Waals surface area contributed by atoms with E-state index < -0.39 is 5.97 Å². The molecule has 0 aliphatic rings. The van der Waals surface area contributed by atoms with Crippen LogP contribution in [-0.4, -0.2) is 11.1 Å². The van der Waals surface area contributed by atoms with E-state index in [4.69, 9.17) is 33.6 Å². The average Bonchev–Trinajstić information content (AvgIpc) is 2.16. The van der Waals surface area contributed by atoms with Crippen molar-refractivity contribution in [2.75, 3.05) is 0 Å². The fourth-order valence-electron chi connectivity index (χ4n) is 1.01. The molecule has 0 heterocycles. The van der Waals surface area contributed by atoms with Crippen molar-refractivity contribution < 1.29 is 9.90 Å². The number of halogens is 2. The van der Waals surface area contributed by atoms with Crippen LogP contribution in [0.1, 0.15) is 21.5 Å². The molecule has 0 bridgehead atoms. The molecular formula is C9H5Cl2NO2. The number of hydrogen-bond acceptors (Lipinski definition) is 2. The van der Waals surface area contributed by atoms with Crippen LogP contribution in [0.2, 0.25) is 5.02 Å². The maximum absolute atomic E-state index is 10.7. The summed E-state index contributed by atoms with van der Waals surface area (Å²) in [7, 11) is 0. The third kappa shape index (κ3) is 1.82. The van der Waals surface area contributed by atoms with Crippen LogP contribution in [0.4, 0.5) is 0 Å². The number of rotatable bonds is 2. The molecule has 0 saturated heterocycles. The zero-order valence-corrected chi connectivity index (χ0v) is 8.43. The lowest BCUT2D eigenvalue weighted by Gasteiger charge is -2.04. The number of carboxylic acid groups (broad SMARTS) is 1. The van der Waals surface area contributed by atoms with Gasteiger partial charge in [-0.15, -0.1) is 11.6 Å². The Hall–Kier alpha value is -1.24. The highest BCUT2D eigenvalue weighted by atomic mass is 35.5. The quantitative estimate of drug-likeness (QED) is 0.794. The molecule has 14 heavy (non-hydrogen) atoms. The van der Waals surface area contributed by atoms with Crippen LogP contribution in [0.3, 0.4) is 0 Å². The Labute approximate surface area is 90.5 Å². The van der Waals surface area contributed by atoms with E-state index in [9.17, 15) is 4.79 Å². The fraction of sp³-hybridized carbons (Fsp3) is 0.111. The topological polar surface area (TPSA) is 61.1 Å². The summed E-state index contributed by atoms with van der Waals surface area (Å²) in [5.74, 6) is -1.03. The summed E-state index contributed by atoms with van der Waals surface area (Å²) >= 11 is 11.3. The molecule has 72 valence electrons. The van der Waals surface area contributed by atoms with Gasteiger partial charge in [-0.25, -0.2) is 4.79 Å². The van der Waals surface area contributed by atoms with Crippen molar-refractivity contribution in [2.24, 2.45) is 0 Å². The Bertz CT molecular complexity index is 424. The van der Waals surface area contributed by atoms with Gasteiger partial charge in [0, 0.05) is 5.88 Å². The molecule has 0 saturated carbocycles. The number of alkyl halides is 1. The van der Waals surface area contributed by atoms with Gasteiger partial charge in [0.2, 0.25) is 0 Å².